The Morgan fingerprint density at radius 1 is 1.43 bits per heavy atom. The summed E-state index contributed by atoms with van der Waals surface area (Å²) in [6.45, 7) is 3.62. The van der Waals surface area contributed by atoms with Crippen LogP contribution in [0, 0.1) is 4.77 Å². The summed E-state index contributed by atoms with van der Waals surface area (Å²) in [4.78, 5) is 31.6. The Morgan fingerprint density at radius 2 is 2.24 bits per heavy atom. The average molecular weight is 305 g/mol. The molecule has 1 aliphatic rings. The molecular weight excluding hydrogens is 290 g/mol. The number of aromatic amines is 2. The lowest BCUT2D eigenvalue weighted by Gasteiger charge is -2.33. The van der Waals surface area contributed by atoms with Crippen LogP contribution < -0.4 is 5.56 Å². The summed E-state index contributed by atoms with van der Waals surface area (Å²) in [5, 5.41) is 0.482. The molecule has 1 amide bonds. The maximum atomic E-state index is 12.6. The fraction of sp³-hybridized carbons (Fsp3) is 0.357. The van der Waals surface area contributed by atoms with E-state index in [4.69, 9.17) is 17.0 Å². The van der Waals surface area contributed by atoms with Crippen molar-refractivity contribution >= 4 is 29.0 Å². The van der Waals surface area contributed by atoms with Gasteiger partial charge in [0.15, 0.2) is 4.77 Å². The standard InChI is InChI=1S/C14H15N3O3S/c1-8-7-20-5-4-17(8)13(19)9-2-3-10-11(6-9)15-14(21)16-12(10)18/h2-3,6,8H,4-5,7H2,1H3,(H2,15,16,18,21)/t8-/m1/s1. The van der Waals surface area contributed by atoms with Crippen molar-refractivity contribution in [1.29, 1.82) is 0 Å². The third kappa shape index (κ3) is 2.62. The number of H-pyrrole nitrogens is 2. The zero-order valence-electron chi connectivity index (χ0n) is 11.5. The quantitative estimate of drug-likeness (QED) is 0.782. The number of rotatable bonds is 1. The number of carbonyl (C=O) groups excluding carboxylic acids is 1. The molecule has 0 spiro atoms. The number of morpholine rings is 1. The molecule has 1 saturated heterocycles. The van der Waals surface area contributed by atoms with Gasteiger partial charge in [-0.2, -0.15) is 0 Å². The van der Waals surface area contributed by atoms with Crippen LogP contribution in [0.2, 0.25) is 0 Å². The SMILES string of the molecule is C[C@@H]1COCCN1C(=O)c1ccc2c(=O)[nH]c(=S)[nH]c2c1. The Labute approximate surface area is 125 Å². The lowest BCUT2D eigenvalue weighted by molar-refractivity contribution is 0.00360. The fourth-order valence-corrected chi connectivity index (χ4v) is 2.70. The number of aromatic nitrogens is 2. The number of nitrogens with zero attached hydrogens (tertiary/aromatic N) is 1. The highest BCUT2D eigenvalue weighted by molar-refractivity contribution is 7.71. The number of ether oxygens (including phenoxy) is 1. The highest BCUT2D eigenvalue weighted by Crippen LogP contribution is 2.15. The summed E-state index contributed by atoms with van der Waals surface area (Å²) in [5.41, 5.74) is 0.843. The van der Waals surface area contributed by atoms with Crippen LogP contribution in [-0.2, 0) is 4.74 Å². The van der Waals surface area contributed by atoms with Crippen LogP contribution in [0.5, 0.6) is 0 Å². The second-order valence-corrected chi connectivity index (χ2v) is 5.50. The molecule has 1 atom stereocenters. The van der Waals surface area contributed by atoms with E-state index in [1.807, 2.05) is 6.92 Å². The molecule has 7 heteroatoms. The van der Waals surface area contributed by atoms with E-state index < -0.39 is 0 Å². The minimum Gasteiger partial charge on any atom is -0.377 e. The summed E-state index contributed by atoms with van der Waals surface area (Å²) < 4.78 is 5.59. The van der Waals surface area contributed by atoms with E-state index in [-0.39, 0.29) is 22.3 Å². The predicted octanol–water partition coefficient (Wildman–Crippen LogP) is 1.45. The van der Waals surface area contributed by atoms with Crippen molar-refractivity contribution < 1.29 is 9.53 Å². The van der Waals surface area contributed by atoms with Crippen molar-refractivity contribution in [3.05, 3.63) is 38.9 Å². The number of fused-ring (bicyclic) bond motifs is 1. The van der Waals surface area contributed by atoms with Crippen molar-refractivity contribution in [2.75, 3.05) is 19.8 Å². The van der Waals surface area contributed by atoms with Crippen molar-refractivity contribution in [3.8, 4) is 0 Å². The van der Waals surface area contributed by atoms with E-state index in [9.17, 15) is 9.59 Å². The normalized spacial score (nSPS) is 18.9. The Balaban J connectivity index is 2.02. The van der Waals surface area contributed by atoms with Crippen molar-refractivity contribution in [2.45, 2.75) is 13.0 Å². The molecule has 1 aromatic carbocycles. The van der Waals surface area contributed by atoms with E-state index in [1.165, 1.54) is 0 Å². The van der Waals surface area contributed by atoms with E-state index in [1.54, 1.807) is 23.1 Å². The Bertz CT molecular complexity index is 811. The molecule has 2 aromatic rings. The van der Waals surface area contributed by atoms with Gasteiger partial charge in [-0.05, 0) is 37.3 Å². The van der Waals surface area contributed by atoms with Gasteiger partial charge in [0.25, 0.3) is 11.5 Å². The molecule has 6 nitrogen and oxygen atoms in total. The minimum absolute atomic E-state index is 0.0413. The van der Waals surface area contributed by atoms with Gasteiger partial charge in [0, 0.05) is 12.1 Å². The van der Waals surface area contributed by atoms with E-state index in [0.29, 0.717) is 36.2 Å². The minimum atomic E-state index is -0.257. The van der Waals surface area contributed by atoms with Gasteiger partial charge in [0.05, 0.1) is 30.2 Å². The molecular formula is C14H15N3O3S. The van der Waals surface area contributed by atoms with Gasteiger partial charge in [-0.3, -0.25) is 14.6 Å². The molecule has 0 saturated carbocycles. The summed E-state index contributed by atoms with van der Waals surface area (Å²) in [6.07, 6.45) is 0. The van der Waals surface area contributed by atoms with Gasteiger partial charge >= 0.3 is 0 Å². The van der Waals surface area contributed by atoms with Crippen LogP contribution in [0.4, 0.5) is 0 Å². The molecule has 3 rings (SSSR count). The monoisotopic (exact) mass is 305 g/mol. The number of nitrogens with one attached hydrogen (secondary N) is 2. The van der Waals surface area contributed by atoms with Gasteiger partial charge in [0.1, 0.15) is 0 Å². The smallest absolute Gasteiger partial charge is 0.259 e. The zero-order chi connectivity index (χ0) is 15.0. The first-order valence-electron chi connectivity index (χ1n) is 6.71. The first-order valence-corrected chi connectivity index (χ1v) is 7.12. The second kappa shape index (κ2) is 5.42. The summed E-state index contributed by atoms with van der Waals surface area (Å²) in [5.74, 6) is -0.0627. The molecule has 0 aliphatic carbocycles. The van der Waals surface area contributed by atoms with Crippen LogP contribution in [0.1, 0.15) is 17.3 Å². The second-order valence-electron chi connectivity index (χ2n) is 5.09. The van der Waals surface area contributed by atoms with Crippen molar-refractivity contribution in [1.82, 2.24) is 14.9 Å². The van der Waals surface area contributed by atoms with Crippen LogP contribution in [0.15, 0.2) is 23.0 Å². The molecule has 21 heavy (non-hydrogen) atoms. The number of hydrogen-bond acceptors (Lipinski definition) is 4. The van der Waals surface area contributed by atoms with Crippen LogP contribution in [0.3, 0.4) is 0 Å². The maximum absolute atomic E-state index is 12.6. The molecule has 2 heterocycles. The summed E-state index contributed by atoms with van der Waals surface area (Å²) in [7, 11) is 0. The van der Waals surface area contributed by atoms with Gasteiger partial charge in [-0.25, -0.2) is 0 Å². The van der Waals surface area contributed by atoms with Gasteiger partial charge in [0.2, 0.25) is 0 Å². The maximum Gasteiger partial charge on any atom is 0.259 e. The average Bonchev–Trinajstić information content (AvgIpc) is 2.46. The Kier molecular flexibility index (Phi) is 3.60. The van der Waals surface area contributed by atoms with Gasteiger partial charge in [-0.1, -0.05) is 0 Å². The molecule has 0 bridgehead atoms. The fourth-order valence-electron chi connectivity index (χ4n) is 2.50. The third-order valence-electron chi connectivity index (χ3n) is 3.61. The molecule has 1 aliphatic heterocycles. The first kappa shape index (κ1) is 14.0. The lowest BCUT2D eigenvalue weighted by Crippen LogP contribution is -2.47. The third-order valence-corrected chi connectivity index (χ3v) is 3.82. The number of hydrogen-bond donors (Lipinski definition) is 2. The predicted molar refractivity (Wildman–Crippen MR) is 81.1 cm³/mol. The molecule has 0 unspecified atom stereocenters. The molecule has 0 radical (unpaired) electrons. The number of amides is 1. The molecule has 2 N–H and O–H groups in total. The summed E-state index contributed by atoms with van der Waals surface area (Å²) >= 11 is 4.96. The topological polar surface area (TPSA) is 78.2 Å². The highest BCUT2D eigenvalue weighted by atomic mass is 32.1. The van der Waals surface area contributed by atoms with Gasteiger partial charge < -0.3 is 14.6 Å². The first-order chi connectivity index (χ1) is 10.1. The van der Waals surface area contributed by atoms with Crippen LogP contribution in [0.25, 0.3) is 10.9 Å². The highest BCUT2D eigenvalue weighted by Gasteiger charge is 2.24. The molecule has 110 valence electrons. The van der Waals surface area contributed by atoms with Crippen LogP contribution >= 0.6 is 12.2 Å². The van der Waals surface area contributed by atoms with E-state index in [2.05, 4.69) is 9.97 Å². The van der Waals surface area contributed by atoms with E-state index >= 15 is 0 Å². The lowest BCUT2D eigenvalue weighted by atomic mass is 10.1. The zero-order valence-corrected chi connectivity index (χ0v) is 12.3. The van der Waals surface area contributed by atoms with Crippen molar-refractivity contribution in [3.63, 3.8) is 0 Å². The van der Waals surface area contributed by atoms with Gasteiger partial charge in [-0.15, -0.1) is 0 Å². The molecule has 1 fully saturated rings. The number of benzene rings is 1. The van der Waals surface area contributed by atoms with Crippen molar-refractivity contribution in [2.24, 2.45) is 0 Å². The van der Waals surface area contributed by atoms with E-state index in [0.717, 1.165) is 0 Å². The Hall–Kier alpha value is -1.99. The van der Waals surface area contributed by atoms with Crippen LogP contribution in [-0.4, -0.2) is 46.6 Å². The number of carbonyl (C=O) groups is 1. The Morgan fingerprint density at radius 3 is 3.00 bits per heavy atom. The largest absolute Gasteiger partial charge is 0.377 e. The molecule has 1 aromatic heterocycles. The summed E-state index contributed by atoms with van der Waals surface area (Å²) in [6, 6.07) is 5.02.